The summed E-state index contributed by atoms with van der Waals surface area (Å²) >= 11 is 0. The molecule has 1 saturated heterocycles. The summed E-state index contributed by atoms with van der Waals surface area (Å²) in [5.41, 5.74) is 7.65. The summed E-state index contributed by atoms with van der Waals surface area (Å²) in [5.74, 6) is 2.46. The van der Waals surface area contributed by atoms with Crippen LogP contribution in [0.4, 0.5) is 0 Å². The normalized spacial score (nSPS) is 20.5. The van der Waals surface area contributed by atoms with Crippen LogP contribution in [0.2, 0.25) is 0 Å². The Balaban J connectivity index is 0.00000124. The number of carbonyl (C=O) groups excluding carboxylic acids is 1. The van der Waals surface area contributed by atoms with Gasteiger partial charge in [0.25, 0.3) is 0 Å². The quantitative estimate of drug-likeness (QED) is 0.231. The van der Waals surface area contributed by atoms with E-state index in [1.165, 1.54) is 49.7 Å². The Labute approximate surface area is 252 Å². The highest BCUT2D eigenvalue weighted by molar-refractivity contribution is 5.78. The molecule has 2 saturated carbocycles. The highest BCUT2D eigenvalue weighted by Gasteiger charge is 2.35. The van der Waals surface area contributed by atoms with Crippen LogP contribution in [0.15, 0.2) is 42.5 Å². The van der Waals surface area contributed by atoms with Crippen molar-refractivity contribution in [2.75, 3.05) is 26.2 Å². The topological polar surface area (TPSA) is 23.6 Å². The summed E-state index contributed by atoms with van der Waals surface area (Å²) in [5, 5.41) is 0. The van der Waals surface area contributed by atoms with Crippen molar-refractivity contribution in [1.82, 2.24) is 9.80 Å². The van der Waals surface area contributed by atoms with Crippen LogP contribution in [0, 0.1) is 6.92 Å². The molecule has 41 heavy (non-hydrogen) atoms. The van der Waals surface area contributed by atoms with Crippen molar-refractivity contribution >= 4 is 5.91 Å². The lowest BCUT2D eigenvalue weighted by atomic mass is 9.90. The van der Waals surface area contributed by atoms with E-state index in [0.29, 0.717) is 24.4 Å². The van der Waals surface area contributed by atoms with Crippen molar-refractivity contribution in [3.63, 3.8) is 0 Å². The van der Waals surface area contributed by atoms with E-state index in [4.69, 9.17) is 0 Å². The standard InChI is InChI=1S/C35H50N2O.C3H8/c1-4-6-20-36(21-7-5-2)35(38)25-37-24-31(30-17-19-33(26(3)22-30)28-12-13-28)23-32(37)18-16-27-10-8-9-11-34(27)29-14-15-29;1-3-2/h8-11,17,19,22,28-29,31-32H,4-7,12-16,18,20-21,23-25H2,1-3H3;3H2,1-2H3. The van der Waals surface area contributed by atoms with Gasteiger partial charge >= 0.3 is 0 Å². The number of benzene rings is 2. The number of nitrogens with zero attached hydrogens (tertiary/aromatic N) is 2. The zero-order valence-electron chi connectivity index (χ0n) is 27.0. The zero-order valence-corrected chi connectivity index (χ0v) is 27.0. The SMILES string of the molecule is CCC.CCCCN(CCCC)C(=O)CN1CC(c2ccc(C3CC3)c(C)c2)CC1CCc1ccccc1C1CC1. The number of likely N-dealkylation sites (tertiary alicyclic amines) is 1. The molecule has 0 N–H and O–H groups in total. The lowest BCUT2D eigenvalue weighted by Crippen LogP contribution is -2.43. The smallest absolute Gasteiger partial charge is 0.236 e. The largest absolute Gasteiger partial charge is 0.342 e. The maximum atomic E-state index is 13.6. The van der Waals surface area contributed by atoms with Crippen molar-refractivity contribution in [2.24, 2.45) is 0 Å². The van der Waals surface area contributed by atoms with E-state index in [0.717, 1.165) is 70.0 Å². The van der Waals surface area contributed by atoms with E-state index < -0.39 is 0 Å². The summed E-state index contributed by atoms with van der Waals surface area (Å²) in [6.07, 6.45) is 14.6. The molecule has 226 valence electrons. The van der Waals surface area contributed by atoms with Crippen LogP contribution < -0.4 is 0 Å². The third-order valence-electron chi connectivity index (χ3n) is 9.38. The number of carbonyl (C=O) groups is 1. The minimum Gasteiger partial charge on any atom is -0.342 e. The third-order valence-corrected chi connectivity index (χ3v) is 9.38. The van der Waals surface area contributed by atoms with Crippen molar-refractivity contribution in [1.29, 1.82) is 0 Å². The minimum absolute atomic E-state index is 0.344. The van der Waals surface area contributed by atoms with Gasteiger partial charge in [-0.05, 0) is 110 Å². The molecule has 3 nitrogen and oxygen atoms in total. The first kappa shape index (κ1) is 31.8. The van der Waals surface area contributed by atoms with Crippen molar-refractivity contribution in [3.8, 4) is 0 Å². The molecule has 2 aromatic carbocycles. The first-order valence-electron chi connectivity index (χ1n) is 17.2. The average molecular weight is 559 g/mol. The van der Waals surface area contributed by atoms with E-state index in [1.54, 1.807) is 16.7 Å². The van der Waals surface area contributed by atoms with Crippen LogP contribution in [0.1, 0.15) is 144 Å². The Bertz CT molecular complexity index is 1080. The van der Waals surface area contributed by atoms with Gasteiger partial charge in [-0.2, -0.15) is 0 Å². The van der Waals surface area contributed by atoms with Gasteiger partial charge in [0.05, 0.1) is 6.54 Å². The van der Waals surface area contributed by atoms with Crippen molar-refractivity contribution in [3.05, 3.63) is 70.3 Å². The maximum absolute atomic E-state index is 13.6. The van der Waals surface area contributed by atoms with Crippen LogP contribution in [0.3, 0.4) is 0 Å². The Hall–Kier alpha value is -2.13. The molecule has 5 rings (SSSR count). The Kier molecular flexibility index (Phi) is 12.3. The van der Waals surface area contributed by atoms with Gasteiger partial charge < -0.3 is 4.90 Å². The molecule has 3 heteroatoms. The van der Waals surface area contributed by atoms with E-state index in [-0.39, 0.29) is 0 Å². The molecule has 0 aromatic heterocycles. The summed E-state index contributed by atoms with van der Waals surface area (Å²) in [4.78, 5) is 18.3. The lowest BCUT2D eigenvalue weighted by molar-refractivity contribution is -0.132. The van der Waals surface area contributed by atoms with Gasteiger partial charge in [-0.1, -0.05) is 89.4 Å². The van der Waals surface area contributed by atoms with Crippen molar-refractivity contribution < 1.29 is 4.79 Å². The number of rotatable bonds is 14. The second kappa shape index (κ2) is 15.9. The Morgan fingerprint density at radius 1 is 0.854 bits per heavy atom. The van der Waals surface area contributed by atoms with Crippen LogP contribution in [0.25, 0.3) is 0 Å². The summed E-state index contributed by atoms with van der Waals surface area (Å²) in [7, 11) is 0. The van der Waals surface area contributed by atoms with Crippen LogP contribution in [0.5, 0.6) is 0 Å². The van der Waals surface area contributed by atoms with Gasteiger partial charge in [-0.3, -0.25) is 9.69 Å². The summed E-state index contributed by atoms with van der Waals surface area (Å²) < 4.78 is 0. The number of hydrogen-bond donors (Lipinski definition) is 0. The van der Waals surface area contributed by atoms with Gasteiger partial charge in [-0.15, -0.1) is 0 Å². The highest BCUT2D eigenvalue weighted by atomic mass is 16.2. The molecule has 1 amide bonds. The highest BCUT2D eigenvalue weighted by Crippen LogP contribution is 2.44. The number of aryl methyl sites for hydroxylation is 2. The van der Waals surface area contributed by atoms with E-state index >= 15 is 0 Å². The third kappa shape index (κ3) is 9.18. The maximum Gasteiger partial charge on any atom is 0.236 e. The van der Waals surface area contributed by atoms with Crippen LogP contribution >= 0.6 is 0 Å². The fraction of sp³-hybridized carbons (Fsp3) is 0.658. The number of unbranched alkanes of at least 4 members (excludes halogenated alkanes) is 2. The molecular weight excluding hydrogens is 500 g/mol. The molecule has 0 radical (unpaired) electrons. The fourth-order valence-electron chi connectivity index (χ4n) is 6.73. The molecule has 0 spiro atoms. The monoisotopic (exact) mass is 558 g/mol. The van der Waals surface area contributed by atoms with Gasteiger partial charge in [0.15, 0.2) is 0 Å². The molecule has 0 bridgehead atoms. The van der Waals surface area contributed by atoms with Crippen LogP contribution in [-0.2, 0) is 11.2 Å². The van der Waals surface area contributed by atoms with Gasteiger partial charge in [0, 0.05) is 25.7 Å². The predicted octanol–water partition coefficient (Wildman–Crippen LogP) is 9.39. The second-order valence-corrected chi connectivity index (χ2v) is 13.2. The molecule has 2 aromatic rings. The van der Waals surface area contributed by atoms with Gasteiger partial charge in [0.2, 0.25) is 5.91 Å². The minimum atomic E-state index is 0.344. The molecule has 1 aliphatic heterocycles. The van der Waals surface area contributed by atoms with Gasteiger partial charge in [0.1, 0.15) is 0 Å². The lowest BCUT2D eigenvalue weighted by Gasteiger charge is -2.29. The molecular formula is C38H58N2O. The van der Waals surface area contributed by atoms with Crippen molar-refractivity contribution in [2.45, 2.75) is 135 Å². The van der Waals surface area contributed by atoms with E-state index in [2.05, 4.69) is 86.9 Å². The Morgan fingerprint density at radius 3 is 2.10 bits per heavy atom. The predicted molar refractivity (Wildman–Crippen MR) is 175 cm³/mol. The van der Waals surface area contributed by atoms with E-state index in [1.807, 2.05) is 0 Å². The van der Waals surface area contributed by atoms with Gasteiger partial charge in [-0.25, -0.2) is 0 Å². The molecule has 2 unspecified atom stereocenters. The summed E-state index contributed by atoms with van der Waals surface area (Å²) in [6, 6.07) is 16.9. The zero-order chi connectivity index (χ0) is 29.2. The average Bonchev–Trinajstić information content (AvgIpc) is 3.91. The first-order valence-corrected chi connectivity index (χ1v) is 17.2. The molecule has 2 atom stereocenters. The van der Waals surface area contributed by atoms with Crippen LogP contribution in [-0.4, -0.2) is 47.9 Å². The summed E-state index contributed by atoms with van der Waals surface area (Å²) in [6.45, 7) is 14.4. The fourth-order valence-corrected chi connectivity index (χ4v) is 6.73. The molecule has 3 aliphatic rings. The second-order valence-electron chi connectivity index (χ2n) is 13.2. The van der Waals surface area contributed by atoms with E-state index in [9.17, 15) is 4.79 Å². The molecule has 3 fully saturated rings. The Morgan fingerprint density at radius 2 is 1.49 bits per heavy atom. The molecule has 1 heterocycles. The molecule has 2 aliphatic carbocycles. The first-order chi connectivity index (χ1) is 20.0. The number of hydrogen-bond acceptors (Lipinski definition) is 2. The number of amides is 1.